The number of piperidine rings is 1. The van der Waals surface area contributed by atoms with Gasteiger partial charge in [0.1, 0.15) is 11.6 Å². The second-order valence-electron chi connectivity index (χ2n) is 6.18. The molecular weight excluding hydrogens is 357 g/mol. The van der Waals surface area contributed by atoms with Gasteiger partial charge in [-0.25, -0.2) is 0 Å². The molecule has 0 radical (unpaired) electrons. The van der Waals surface area contributed by atoms with Gasteiger partial charge in [-0.2, -0.15) is 13.2 Å². The highest BCUT2D eigenvalue weighted by Crippen LogP contribution is 2.36. The monoisotopic (exact) mass is 382 g/mol. The van der Waals surface area contributed by atoms with Crippen molar-refractivity contribution in [2.45, 2.75) is 45.8 Å². The van der Waals surface area contributed by atoms with Gasteiger partial charge < -0.3 is 15.7 Å². The van der Waals surface area contributed by atoms with Gasteiger partial charge in [0.25, 0.3) is 0 Å². The Balaban J connectivity index is 0.00000126. The number of nitrogens with one attached hydrogen (secondary N) is 2. The number of hydrogen-bond acceptors (Lipinski definition) is 5. The van der Waals surface area contributed by atoms with Crippen LogP contribution in [-0.2, 0) is 6.18 Å². The van der Waals surface area contributed by atoms with Gasteiger partial charge in [0.05, 0.1) is 11.3 Å². The minimum absolute atomic E-state index is 0.226. The Labute approximate surface area is 157 Å². The van der Waals surface area contributed by atoms with Crippen molar-refractivity contribution in [3.8, 4) is 17.0 Å². The van der Waals surface area contributed by atoms with Crippen LogP contribution in [0.3, 0.4) is 0 Å². The molecule has 2 heterocycles. The fourth-order valence-electron chi connectivity index (χ4n) is 2.91. The summed E-state index contributed by atoms with van der Waals surface area (Å²) in [5.74, 6) is 0.144. The number of benzene rings is 1. The Morgan fingerprint density at radius 3 is 2.48 bits per heavy atom. The fourth-order valence-corrected chi connectivity index (χ4v) is 2.91. The van der Waals surface area contributed by atoms with Crippen LogP contribution in [0.5, 0.6) is 5.75 Å². The molecule has 3 N–H and O–H groups in total. The van der Waals surface area contributed by atoms with Crippen molar-refractivity contribution >= 4 is 5.82 Å². The van der Waals surface area contributed by atoms with Gasteiger partial charge in [-0.05, 0) is 56.1 Å². The summed E-state index contributed by atoms with van der Waals surface area (Å²) < 4.78 is 38.1. The first-order valence-electron chi connectivity index (χ1n) is 9.07. The second kappa shape index (κ2) is 9.03. The van der Waals surface area contributed by atoms with Gasteiger partial charge in [-0.15, -0.1) is 10.2 Å². The SMILES string of the molecule is CC.Cc1cc(NC2CCCNC2)nnc1-c1ccc(C(F)(F)F)cc1O. The van der Waals surface area contributed by atoms with Crippen molar-refractivity contribution in [2.75, 3.05) is 18.4 Å². The number of anilines is 1. The van der Waals surface area contributed by atoms with Crippen LogP contribution in [0.4, 0.5) is 19.0 Å². The normalized spacial score (nSPS) is 17.0. The Hall–Kier alpha value is -2.35. The van der Waals surface area contributed by atoms with Crippen LogP contribution >= 0.6 is 0 Å². The lowest BCUT2D eigenvalue weighted by Crippen LogP contribution is -2.38. The molecule has 8 heteroatoms. The van der Waals surface area contributed by atoms with Crippen LogP contribution in [0.2, 0.25) is 0 Å². The van der Waals surface area contributed by atoms with Crippen LogP contribution in [0, 0.1) is 6.92 Å². The number of nitrogens with zero attached hydrogens (tertiary/aromatic N) is 2. The summed E-state index contributed by atoms with van der Waals surface area (Å²) in [4.78, 5) is 0. The van der Waals surface area contributed by atoms with E-state index in [1.807, 2.05) is 13.8 Å². The highest BCUT2D eigenvalue weighted by molar-refractivity contribution is 5.70. The summed E-state index contributed by atoms with van der Waals surface area (Å²) in [6.07, 6.45) is -2.38. The van der Waals surface area contributed by atoms with Gasteiger partial charge in [0, 0.05) is 18.2 Å². The number of phenolic OH excluding ortho intramolecular Hbond substituents is 1. The lowest BCUT2D eigenvalue weighted by molar-refractivity contribution is -0.137. The number of hydrogen-bond donors (Lipinski definition) is 3. The summed E-state index contributed by atoms with van der Waals surface area (Å²) in [7, 11) is 0. The Morgan fingerprint density at radius 2 is 1.93 bits per heavy atom. The molecule has 2 aromatic rings. The maximum Gasteiger partial charge on any atom is 0.416 e. The molecule has 148 valence electrons. The van der Waals surface area contributed by atoms with Gasteiger partial charge in [-0.3, -0.25) is 0 Å². The number of phenols is 1. The molecule has 1 unspecified atom stereocenters. The number of aromatic nitrogens is 2. The van der Waals surface area contributed by atoms with Crippen molar-refractivity contribution in [2.24, 2.45) is 0 Å². The second-order valence-corrected chi connectivity index (χ2v) is 6.18. The van der Waals surface area contributed by atoms with E-state index in [9.17, 15) is 18.3 Å². The molecule has 1 saturated heterocycles. The van der Waals surface area contributed by atoms with Crippen molar-refractivity contribution in [3.63, 3.8) is 0 Å². The first-order valence-corrected chi connectivity index (χ1v) is 9.07. The van der Waals surface area contributed by atoms with E-state index in [-0.39, 0.29) is 11.6 Å². The smallest absolute Gasteiger partial charge is 0.416 e. The molecule has 0 bridgehead atoms. The zero-order valence-corrected chi connectivity index (χ0v) is 15.7. The van der Waals surface area contributed by atoms with Gasteiger partial charge in [0.2, 0.25) is 0 Å². The van der Waals surface area contributed by atoms with E-state index in [0.29, 0.717) is 17.6 Å². The summed E-state index contributed by atoms with van der Waals surface area (Å²) in [5, 5.41) is 24.8. The molecular formula is C19H25F3N4O. The third-order valence-electron chi connectivity index (χ3n) is 4.21. The number of aryl methyl sites for hydroxylation is 1. The van der Waals surface area contributed by atoms with E-state index >= 15 is 0 Å². The molecule has 0 spiro atoms. The Bertz CT molecular complexity index is 759. The van der Waals surface area contributed by atoms with Crippen molar-refractivity contribution in [1.82, 2.24) is 15.5 Å². The van der Waals surface area contributed by atoms with E-state index in [0.717, 1.165) is 37.6 Å². The lowest BCUT2D eigenvalue weighted by Gasteiger charge is -2.24. The van der Waals surface area contributed by atoms with E-state index in [1.165, 1.54) is 6.07 Å². The average Bonchev–Trinajstić information content (AvgIpc) is 2.64. The predicted octanol–water partition coefficient (Wildman–Crippen LogP) is 4.37. The van der Waals surface area contributed by atoms with Gasteiger partial charge in [-0.1, -0.05) is 13.8 Å². The van der Waals surface area contributed by atoms with E-state index < -0.39 is 17.5 Å². The molecule has 0 saturated carbocycles. The molecule has 0 amide bonds. The number of halogens is 3. The van der Waals surface area contributed by atoms with Crippen LogP contribution in [0.15, 0.2) is 24.3 Å². The summed E-state index contributed by atoms with van der Waals surface area (Å²) in [6.45, 7) is 7.64. The standard InChI is InChI=1S/C17H19F3N4O.C2H6/c1-10-7-15(22-12-3-2-6-21-9-12)23-24-16(10)13-5-4-11(8-14(13)25)17(18,19)20;1-2/h4-5,7-8,12,21,25H,2-3,6,9H2,1H3,(H,22,23);1-2H3. The summed E-state index contributed by atoms with van der Waals surface area (Å²) in [5.41, 5.74) is 0.404. The third kappa shape index (κ3) is 5.32. The van der Waals surface area contributed by atoms with Gasteiger partial charge in [0.15, 0.2) is 0 Å². The molecule has 1 fully saturated rings. The highest BCUT2D eigenvalue weighted by Gasteiger charge is 2.31. The van der Waals surface area contributed by atoms with Crippen molar-refractivity contribution in [1.29, 1.82) is 0 Å². The number of aromatic hydroxyl groups is 1. The van der Waals surface area contributed by atoms with Gasteiger partial charge >= 0.3 is 6.18 Å². The largest absolute Gasteiger partial charge is 0.507 e. The quantitative estimate of drug-likeness (QED) is 0.736. The third-order valence-corrected chi connectivity index (χ3v) is 4.21. The lowest BCUT2D eigenvalue weighted by atomic mass is 10.0. The Morgan fingerprint density at radius 1 is 1.19 bits per heavy atom. The van der Waals surface area contributed by atoms with E-state index in [4.69, 9.17) is 0 Å². The minimum Gasteiger partial charge on any atom is -0.507 e. The fraction of sp³-hybridized carbons (Fsp3) is 0.474. The van der Waals surface area contributed by atoms with E-state index in [2.05, 4.69) is 20.8 Å². The predicted molar refractivity (Wildman–Crippen MR) is 99.7 cm³/mol. The zero-order valence-electron chi connectivity index (χ0n) is 15.7. The zero-order chi connectivity index (χ0) is 20.0. The first-order chi connectivity index (χ1) is 12.8. The molecule has 1 aromatic carbocycles. The van der Waals surface area contributed by atoms with Crippen LogP contribution in [0.25, 0.3) is 11.3 Å². The topological polar surface area (TPSA) is 70.1 Å². The molecule has 3 rings (SSSR count). The average molecular weight is 382 g/mol. The maximum absolute atomic E-state index is 12.7. The Kier molecular flexibility index (Phi) is 7.01. The molecule has 1 aliphatic heterocycles. The highest BCUT2D eigenvalue weighted by atomic mass is 19.4. The first kappa shape index (κ1) is 21.0. The molecule has 1 aliphatic rings. The summed E-state index contributed by atoms with van der Waals surface area (Å²) in [6, 6.07) is 4.90. The van der Waals surface area contributed by atoms with E-state index in [1.54, 1.807) is 13.0 Å². The van der Waals surface area contributed by atoms with Crippen LogP contribution in [0.1, 0.15) is 37.8 Å². The maximum atomic E-state index is 12.7. The molecule has 5 nitrogen and oxygen atoms in total. The number of alkyl halides is 3. The minimum atomic E-state index is -4.50. The van der Waals surface area contributed by atoms with Crippen LogP contribution in [-0.4, -0.2) is 34.4 Å². The molecule has 27 heavy (non-hydrogen) atoms. The molecule has 0 aliphatic carbocycles. The number of rotatable bonds is 3. The molecule has 1 aromatic heterocycles. The summed E-state index contributed by atoms with van der Waals surface area (Å²) >= 11 is 0. The van der Waals surface area contributed by atoms with Crippen molar-refractivity contribution < 1.29 is 18.3 Å². The van der Waals surface area contributed by atoms with Crippen LogP contribution < -0.4 is 10.6 Å². The van der Waals surface area contributed by atoms with Crippen molar-refractivity contribution in [3.05, 3.63) is 35.4 Å². The molecule has 1 atom stereocenters.